The summed E-state index contributed by atoms with van der Waals surface area (Å²) in [5.74, 6) is 0.0303. The Balaban J connectivity index is 1.40. The molecule has 0 radical (unpaired) electrons. The first-order valence-electron chi connectivity index (χ1n) is 8.53. The lowest BCUT2D eigenvalue weighted by atomic mass is 9.85. The molecule has 0 spiro atoms. The first-order chi connectivity index (χ1) is 12.6. The number of H-pyrrole nitrogens is 1. The van der Waals surface area contributed by atoms with Gasteiger partial charge in [-0.2, -0.15) is 4.98 Å². The number of benzene rings is 1. The highest BCUT2D eigenvalue weighted by Gasteiger charge is 2.30. The summed E-state index contributed by atoms with van der Waals surface area (Å²) in [6.07, 6.45) is 3.10. The highest BCUT2D eigenvalue weighted by molar-refractivity contribution is 6.11. The fraction of sp³-hybridized carbons (Fsp3) is 0.353. The highest BCUT2D eigenvalue weighted by Crippen LogP contribution is 2.34. The number of carbonyl (C=O) groups is 3. The van der Waals surface area contributed by atoms with Crippen LogP contribution in [0.15, 0.2) is 24.3 Å². The Morgan fingerprint density at radius 1 is 1.23 bits per heavy atom. The number of fused-ring (bicyclic) bond motifs is 1. The number of hydrogen-bond acceptors (Lipinski definition) is 5. The molecule has 4 N–H and O–H groups in total. The van der Waals surface area contributed by atoms with Crippen LogP contribution in [0.2, 0.25) is 0 Å². The molecule has 0 bridgehead atoms. The SMILES string of the molecule is O=C(CC1NC(=O)c2ccccc2NC1=O)Nc1n[nH]c(C2CCC2)n1. The molecule has 2 aromatic rings. The average molecular weight is 354 g/mol. The monoisotopic (exact) mass is 354 g/mol. The summed E-state index contributed by atoms with van der Waals surface area (Å²) < 4.78 is 0. The van der Waals surface area contributed by atoms with Crippen molar-refractivity contribution in [1.29, 1.82) is 0 Å². The molecule has 2 heterocycles. The minimum absolute atomic E-state index is 0.181. The van der Waals surface area contributed by atoms with Crippen LogP contribution < -0.4 is 16.0 Å². The van der Waals surface area contributed by atoms with Crippen LogP contribution in [-0.2, 0) is 9.59 Å². The van der Waals surface area contributed by atoms with Crippen LogP contribution in [0.1, 0.15) is 47.8 Å². The van der Waals surface area contributed by atoms with Crippen LogP contribution in [0.3, 0.4) is 0 Å². The largest absolute Gasteiger partial charge is 0.340 e. The van der Waals surface area contributed by atoms with E-state index in [4.69, 9.17) is 0 Å². The maximum atomic E-state index is 12.3. The van der Waals surface area contributed by atoms with E-state index in [-0.39, 0.29) is 12.4 Å². The van der Waals surface area contributed by atoms with Crippen LogP contribution in [0.25, 0.3) is 0 Å². The maximum Gasteiger partial charge on any atom is 0.254 e. The molecule has 1 fully saturated rings. The third-order valence-electron chi connectivity index (χ3n) is 4.69. The van der Waals surface area contributed by atoms with Crippen LogP contribution in [0, 0.1) is 0 Å². The predicted molar refractivity (Wildman–Crippen MR) is 92.5 cm³/mol. The molecule has 1 aromatic heterocycles. The van der Waals surface area contributed by atoms with E-state index in [2.05, 4.69) is 31.1 Å². The first-order valence-corrected chi connectivity index (χ1v) is 8.53. The van der Waals surface area contributed by atoms with Gasteiger partial charge in [0.1, 0.15) is 11.9 Å². The van der Waals surface area contributed by atoms with E-state index in [0.717, 1.165) is 18.7 Å². The van der Waals surface area contributed by atoms with Crippen molar-refractivity contribution < 1.29 is 14.4 Å². The quantitative estimate of drug-likeness (QED) is 0.655. The van der Waals surface area contributed by atoms with Crippen molar-refractivity contribution in [3.8, 4) is 0 Å². The normalized spacial score (nSPS) is 19.6. The van der Waals surface area contributed by atoms with Crippen molar-refractivity contribution in [2.24, 2.45) is 0 Å². The summed E-state index contributed by atoms with van der Waals surface area (Å²) in [5.41, 5.74) is 0.792. The topological polar surface area (TPSA) is 129 Å². The van der Waals surface area contributed by atoms with E-state index in [9.17, 15) is 14.4 Å². The number of para-hydroxylation sites is 1. The Hall–Kier alpha value is -3.23. The molecule has 4 rings (SSSR count). The van der Waals surface area contributed by atoms with Gasteiger partial charge in [0.25, 0.3) is 5.91 Å². The second-order valence-electron chi connectivity index (χ2n) is 6.49. The number of carbonyl (C=O) groups excluding carboxylic acids is 3. The average Bonchev–Trinajstić information content (AvgIpc) is 2.95. The molecule has 26 heavy (non-hydrogen) atoms. The summed E-state index contributed by atoms with van der Waals surface area (Å²) in [4.78, 5) is 41.1. The summed E-state index contributed by atoms with van der Waals surface area (Å²) in [5, 5.41) is 14.6. The summed E-state index contributed by atoms with van der Waals surface area (Å²) in [7, 11) is 0. The molecule has 134 valence electrons. The zero-order valence-corrected chi connectivity index (χ0v) is 13.9. The summed E-state index contributed by atoms with van der Waals surface area (Å²) in [6, 6.07) is 5.72. The van der Waals surface area contributed by atoms with Gasteiger partial charge in [-0.25, -0.2) is 0 Å². The second-order valence-corrected chi connectivity index (χ2v) is 6.49. The van der Waals surface area contributed by atoms with Gasteiger partial charge >= 0.3 is 0 Å². The van der Waals surface area contributed by atoms with Crippen LogP contribution in [-0.4, -0.2) is 38.9 Å². The summed E-state index contributed by atoms with van der Waals surface area (Å²) in [6.45, 7) is 0. The van der Waals surface area contributed by atoms with E-state index in [1.165, 1.54) is 6.42 Å². The van der Waals surface area contributed by atoms with Gasteiger partial charge in [-0.05, 0) is 25.0 Å². The van der Waals surface area contributed by atoms with Crippen molar-refractivity contribution in [2.75, 3.05) is 10.6 Å². The molecular formula is C17H18N6O3. The molecule has 9 heteroatoms. The number of aromatic amines is 1. The smallest absolute Gasteiger partial charge is 0.254 e. The zero-order chi connectivity index (χ0) is 18.1. The highest BCUT2D eigenvalue weighted by atomic mass is 16.2. The van der Waals surface area contributed by atoms with Crippen molar-refractivity contribution in [3.05, 3.63) is 35.7 Å². The molecule has 1 atom stereocenters. The number of nitrogens with zero attached hydrogens (tertiary/aromatic N) is 2. The minimum Gasteiger partial charge on any atom is -0.340 e. The van der Waals surface area contributed by atoms with E-state index < -0.39 is 23.8 Å². The molecular weight excluding hydrogens is 336 g/mol. The van der Waals surface area contributed by atoms with Gasteiger partial charge in [0.05, 0.1) is 17.7 Å². The van der Waals surface area contributed by atoms with Gasteiger partial charge < -0.3 is 10.6 Å². The Morgan fingerprint density at radius 3 is 2.81 bits per heavy atom. The van der Waals surface area contributed by atoms with Crippen molar-refractivity contribution in [1.82, 2.24) is 20.5 Å². The van der Waals surface area contributed by atoms with Gasteiger partial charge in [-0.15, -0.1) is 5.10 Å². The number of anilines is 2. The number of amides is 3. The Morgan fingerprint density at radius 2 is 2.04 bits per heavy atom. The number of rotatable bonds is 4. The molecule has 0 saturated heterocycles. The van der Waals surface area contributed by atoms with Crippen LogP contribution in [0.4, 0.5) is 11.6 Å². The van der Waals surface area contributed by atoms with Crippen LogP contribution >= 0.6 is 0 Å². The van der Waals surface area contributed by atoms with Gasteiger partial charge in [-0.3, -0.25) is 24.8 Å². The molecule has 1 aliphatic carbocycles. The van der Waals surface area contributed by atoms with Crippen molar-refractivity contribution in [2.45, 2.75) is 37.6 Å². The molecule has 1 aliphatic heterocycles. The number of hydrogen-bond donors (Lipinski definition) is 4. The molecule has 1 aromatic carbocycles. The zero-order valence-electron chi connectivity index (χ0n) is 13.9. The van der Waals surface area contributed by atoms with E-state index >= 15 is 0 Å². The van der Waals surface area contributed by atoms with E-state index in [0.29, 0.717) is 17.2 Å². The summed E-state index contributed by atoms with van der Waals surface area (Å²) >= 11 is 0. The molecule has 2 aliphatic rings. The van der Waals surface area contributed by atoms with Crippen molar-refractivity contribution in [3.63, 3.8) is 0 Å². The molecule has 1 unspecified atom stereocenters. The Bertz CT molecular complexity index is 873. The fourth-order valence-corrected chi connectivity index (χ4v) is 3.01. The lowest BCUT2D eigenvalue weighted by Crippen LogP contribution is -2.43. The van der Waals surface area contributed by atoms with Gasteiger partial charge in [-0.1, -0.05) is 18.6 Å². The van der Waals surface area contributed by atoms with E-state index in [1.54, 1.807) is 24.3 Å². The van der Waals surface area contributed by atoms with Crippen LogP contribution in [0.5, 0.6) is 0 Å². The number of aromatic nitrogens is 3. The second kappa shape index (κ2) is 6.58. The Kier molecular flexibility index (Phi) is 4.11. The first kappa shape index (κ1) is 16.2. The molecule has 9 nitrogen and oxygen atoms in total. The third kappa shape index (κ3) is 3.15. The van der Waals surface area contributed by atoms with Gasteiger partial charge in [0.15, 0.2) is 0 Å². The fourth-order valence-electron chi connectivity index (χ4n) is 3.01. The number of nitrogens with one attached hydrogen (secondary N) is 4. The minimum atomic E-state index is -0.972. The van der Waals surface area contributed by atoms with Crippen molar-refractivity contribution >= 4 is 29.4 Å². The third-order valence-corrected chi connectivity index (χ3v) is 4.69. The van der Waals surface area contributed by atoms with E-state index in [1.807, 2.05) is 0 Å². The maximum absolute atomic E-state index is 12.3. The lowest BCUT2D eigenvalue weighted by molar-refractivity contribution is -0.122. The lowest BCUT2D eigenvalue weighted by Gasteiger charge is -2.22. The van der Waals surface area contributed by atoms with Gasteiger partial charge in [0, 0.05) is 5.92 Å². The van der Waals surface area contributed by atoms with Gasteiger partial charge in [0.2, 0.25) is 17.8 Å². The standard InChI is InChI=1S/C17H18N6O3/c24-13(20-17-21-14(22-23-17)9-4-3-5-9)8-12-16(26)18-11-7-2-1-6-10(11)15(25)19-12/h1-2,6-7,9,12H,3-5,8H2,(H,18,26)(H,19,25)(H2,20,21,22,23,24). The Labute approximate surface area is 149 Å². The molecule has 1 saturated carbocycles. The predicted octanol–water partition coefficient (Wildman–Crippen LogP) is 1.15. The molecule has 3 amide bonds.